The van der Waals surface area contributed by atoms with Gasteiger partial charge in [-0.3, -0.25) is 9.78 Å². The minimum atomic E-state index is -0.700. The third-order valence-electron chi connectivity index (χ3n) is 2.61. The SMILES string of the molecule is CN(CCCCCC(=O)O)Cc1cccnc1. The minimum absolute atomic E-state index is 0.284. The average Bonchev–Trinajstić information content (AvgIpc) is 2.29. The van der Waals surface area contributed by atoms with Crippen LogP contribution in [0.15, 0.2) is 24.5 Å². The molecule has 0 aliphatic carbocycles. The molecule has 4 heteroatoms. The van der Waals surface area contributed by atoms with Gasteiger partial charge in [-0.2, -0.15) is 0 Å². The van der Waals surface area contributed by atoms with E-state index in [1.54, 1.807) is 6.20 Å². The van der Waals surface area contributed by atoms with Crippen molar-refractivity contribution in [1.82, 2.24) is 9.88 Å². The molecule has 0 atom stereocenters. The molecule has 1 rings (SSSR count). The highest BCUT2D eigenvalue weighted by molar-refractivity contribution is 5.66. The maximum absolute atomic E-state index is 10.3. The number of hydrogen-bond donors (Lipinski definition) is 1. The monoisotopic (exact) mass is 236 g/mol. The fourth-order valence-corrected chi connectivity index (χ4v) is 1.72. The zero-order valence-corrected chi connectivity index (χ0v) is 10.3. The summed E-state index contributed by atoms with van der Waals surface area (Å²) in [6.07, 6.45) is 6.73. The second-order valence-electron chi connectivity index (χ2n) is 4.30. The van der Waals surface area contributed by atoms with E-state index >= 15 is 0 Å². The lowest BCUT2D eigenvalue weighted by atomic mass is 10.2. The number of unbranched alkanes of at least 4 members (excludes halogenated alkanes) is 2. The zero-order chi connectivity index (χ0) is 12.5. The molecule has 0 amide bonds. The van der Waals surface area contributed by atoms with Gasteiger partial charge in [0.2, 0.25) is 0 Å². The third kappa shape index (κ3) is 6.68. The molecule has 0 saturated heterocycles. The number of pyridine rings is 1. The fourth-order valence-electron chi connectivity index (χ4n) is 1.72. The van der Waals surface area contributed by atoms with Crippen molar-refractivity contribution in [2.75, 3.05) is 13.6 Å². The standard InChI is InChI=1S/C13H20N2O2/c1-15(9-4-2-3-7-13(16)17)11-12-6-5-8-14-10-12/h5-6,8,10H,2-4,7,9,11H2,1H3,(H,16,17). The molecular formula is C13H20N2O2. The van der Waals surface area contributed by atoms with Crippen LogP contribution in [0.5, 0.6) is 0 Å². The van der Waals surface area contributed by atoms with E-state index in [1.807, 2.05) is 12.3 Å². The summed E-state index contributed by atoms with van der Waals surface area (Å²) < 4.78 is 0. The first-order chi connectivity index (χ1) is 8.18. The van der Waals surface area contributed by atoms with Crippen LogP contribution < -0.4 is 0 Å². The molecule has 0 bridgehead atoms. The molecule has 94 valence electrons. The summed E-state index contributed by atoms with van der Waals surface area (Å²) >= 11 is 0. The highest BCUT2D eigenvalue weighted by Gasteiger charge is 2.01. The Morgan fingerprint density at radius 3 is 2.88 bits per heavy atom. The summed E-state index contributed by atoms with van der Waals surface area (Å²) in [5.74, 6) is -0.700. The summed E-state index contributed by atoms with van der Waals surface area (Å²) in [6, 6.07) is 4.00. The summed E-state index contributed by atoms with van der Waals surface area (Å²) in [4.78, 5) is 16.6. The Kier molecular flexibility index (Phi) is 6.25. The van der Waals surface area contributed by atoms with Crippen molar-refractivity contribution in [3.63, 3.8) is 0 Å². The predicted molar refractivity (Wildman–Crippen MR) is 66.7 cm³/mol. The van der Waals surface area contributed by atoms with E-state index in [1.165, 1.54) is 5.56 Å². The number of aromatic nitrogens is 1. The van der Waals surface area contributed by atoms with Crippen LogP contribution in [0.1, 0.15) is 31.2 Å². The number of rotatable bonds is 8. The van der Waals surface area contributed by atoms with E-state index in [4.69, 9.17) is 5.11 Å². The number of carbonyl (C=O) groups is 1. The third-order valence-corrected chi connectivity index (χ3v) is 2.61. The van der Waals surface area contributed by atoms with Gasteiger partial charge >= 0.3 is 5.97 Å². The van der Waals surface area contributed by atoms with Gasteiger partial charge in [-0.05, 0) is 38.1 Å². The molecule has 4 nitrogen and oxygen atoms in total. The molecule has 1 N–H and O–H groups in total. The Labute approximate surface area is 102 Å². The van der Waals surface area contributed by atoms with Crippen LogP contribution >= 0.6 is 0 Å². The molecule has 17 heavy (non-hydrogen) atoms. The van der Waals surface area contributed by atoms with Crippen molar-refractivity contribution in [1.29, 1.82) is 0 Å². The Balaban J connectivity index is 2.09. The van der Waals surface area contributed by atoms with E-state index in [-0.39, 0.29) is 6.42 Å². The van der Waals surface area contributed by atoms with Gasteiger partial charge in [-0.25, -0.2) is 0 Å². The molecule has 0 radical (unpaired) electrons. The maximum atomic E-state index is 10.3. The van der Waals surface area contributed by atoms with Gasteiger partial charge in [0.1, 0.15) is 0 Å². The van der Waals surface area contributed by atoms with Crippen molar-refractivity contribution in [2.45, 2.75) is 32.2 Å². The number of aliphatic carboxylic acids is 1. The number of carboxylic acids is 1. The van der Waals surface area contributed by atoms with Crippen LogP contribution in [0, 0.1) is 0 Å². The van der Waals surface area contributed by atoms with Crippen LogP contribution in [-0.2, 0) is 11.3 Å². The fraction of sp³-hybridized carbons (Fsp3) is 0.538. The van der Waals surface area contributed by atoms with Crippen molar-refractivity contribution in [2.24, 2.45) is 0 Å². The van der Waals surface area contributed by atoms with Crippen molar-refractivity contribution >= 4 is 5.97 Å². The molecule has 0 aliphatic rings. The molecule has 1 aromatic rings. The predicted octanol–water partition coefficient (Wildman–Crippen LogP) is 2.16. The van der Waals surface area contributed by atoms with E-state index in [9.17, 15) is 4.79 Å². The number of carboxylic acid groups (broad SMARTS) is 1. The van der Waals surface area contributed by atoms with Crippen LogP contribution in [-0.4, -0.2) is 34.6 Å². The number of hydrogen-bond acceptors (Lipinski definition) is 3. The van der Waals surface area contributed by atoms with Crippen molar-refractivity contribution in [3.8, 4) is 0 Å². The largest absolute Gasteiger partial charge is 0.481 e. The van der Waals surface area contributed by atoms with Crippen LogP contribution in [0.2, 0.25) is 0 Å². The summed E-state index contributed by atoms with van der Waals surface area (Å²) in [5.41, 5.74) is 1.21. The molecule has 1 heterocycles. The first-order valence-corrected chi connectivity index (χ1v) is 5.97. The molecule has 1 aromatic heterocycles. The van der Waals surface area contributed by atoms with E-state index in [2.05, 4.69) is 23.0 Å². The van der Waals surface area contributed by atoms with Gasteiger partial charge < -0.3 is 10.0 Å². The molecule has 0 unspecified atom stereocenters. The Hall–Kier alpha value is -1.42. The quantitative estimate of drug-likeness (QED) is 0.703. The zero-order valence-electron chi connectivity index (χ0n) is 10.3. The molecule has 0 spiro atoms. The highest BCUT2D eigenvalue weighted by atomic mass is 16.4. The molecule has 0 aromatic carbocycles. The van der Waals surface area contributed by atoms with E-state index in [0.717, 1.165) is 32.4 Å². The van der Waals surface area contributed by atoms with Crippen LogP contribution in [0.4, 0.5) is 0 Å². The van der Waals surface area contributed by atoms with Crippen molar-refractivity contribution in [3.05, 3.63) is 30.1 Å². The van der Waals surface area contributed by atoms with E-state index in [0.29, 0.717) is 0 Å². The molecule has 0 saturated carbocycles. The highest BCUT2D eigenvalue weighted by Crippen LogP contribution is 2.04. The van der Waals surface area contributed by atoms with Gasteiger partial charge in [0.25, 0.3) is 0 Å². The Morgan fingerprint density at radius 2 is 2.24 bits per heavy atom. The second-order valence-corrected chi connectivity index (χ2v) is 4.30. The molecular weight excluding hydrogens is 216 g/mol. The first-order valence-electron chi connectivity index (χ1n) is 5.97. The lowest BCUT2D eigenvalue weighted by Crippen LogP contribution is -2.19. The van der Waals surface area contributed by atoms with E-state index < -0.39 is 5.97 Å². The summed E-state index contributed by atoms with van der Waals surface area (Å²) in [7, 11) is 2.07. The minimum Gasteiger partial charge on any atom is -0.481 e. The number of nitrogens with zero attached hydrogens (tertiary/aromatic N) is 2. The van der Waals surface area contributed by atoms with Crippen LogP contribution in [0.3, 0.4) is 0 Å². The van der Waals surface area contributed by atoms with Crippen LogP contribution in [0.25, 0.3) is 0 Å². The van der Waals surface area contributed by atoms with Gasteiger partial charge in [0.15, 0.2) is 0 Å². The summed E-state index contributed by atoms with van der Waals surface area (Å²) in [6.45, 7) is 1.89. The molecule has 0 fully saturated rings. The van der Waals surface area contributed by atoms with Gasteiger partial charge in [-0.1, -0.05) is 12.5 Å². The lowest BCUT2D eigenvalue weighted by molar-refractivity contribution is -0.137. The lowest BCUT2D eigenvalue weighted by Gasteiger charge is -2.16. The van der Waals surface area contributed by atoms with Gasteiger partial charge in [0.05, 0.1) is 0 Å². The smallest absolute Gasteiger partial charge is 0.303 e. The van der Waals surface area contributed by atoms with Crippen molar-refractivity contribution < 1.29 is 9.90 Å². The van der Waals surface area contributed by atoms with Gasteiger partial charge in [-0.15, -0.1) is 0 Å². The Bertz CT molecular complexity index is 327. The van der Waals surface area contributed by atoms with Gasteiger partial charge in [0, 0.05) is 25.4 Å². The summed E-state index contributed by atoms with van der Waals surface area (Å²) in [5, 5.41) is 8.50. The average molecular weight is 236 g/mol. The first kappa shape index (κ1) is 13.6. The molecule has 0 aliphatic heterocycles. The normalized spacial score (nSPS) is 10.7. The second kappa shape index (κ2) is 7.79. The topological polar surface area (TPSA) is 53.4 Å². The Morgan fingerprint density at radius 1 is 1.41 bits per heavy atom. The maximum Gasteiger partial charge on any atom is 0.303 e.